The van der Waals surface area contributed by atoms with Crippen molar-refractivity contribution in [1.82, 2.24) is 19.7 Å². The number of aromatic nitrogens is 3. The van der Waals surface area contributed by atoms with Crippen LogP contribution in [0.15, 0.2) is 24.3 Å². The normalized spacial score (nSPS) is 11.7. The number of hydrogen-bond acceptors (Lipinski definition) is 5. The van der Waals surface area contributed by atoms with Gasteiger partial charge in [0.15, 0.2) is 0 Å². The van der Waals surface area contributed by atoms with Crippen LogP contribution in [0.2, 0.25) is 0 Å². The summed E-state index contributed by atoms with van der Waals surface area (Å²) >= 11 is 1.75. The molecular formula is C17H22N4OS. The van der Waals surface area contributed by atoms with Gasteiger partial charge in [0.05, 0.1) is 35.6 Å². The summed E-state index contributed by atoms with van der Waals surface area (Å²) in [6, 6.07) is 8.25. The lowest BCUT2D eigenvalue weighted by Gasteiger charge is -2.15. The molecule has 5 nitrogen and oxygen atoms in total. The van der Waals surface area contributed by atoms with E-state index >= 15 is 0 Å². The van der Waals surface area contributed by atoms with Gasteiger partial charge in [0.2, 0.25) is 0 Å². The Morgan fingerprint density at radius 3 is 2.74 bits per heavy atom. The molecule has 122 valence electrons. The monoisotopic (exact) mass is 330 g/mol. The Bertz CT molecular complexity index is 775. The van der Waals surface area contributed by atoms with Gasteiger partial charge in [-0.15, -0.1) is 11.3 Å². The van der Waals surface area contributed by atoms with Crippen LogP contribution in [0.25, 0.3) is 10.2 Å². The fraction of sp³-hybridized carbons (Fsp3) is 0.412. The number of aryl methyl sites for hydroxylation is 1. The second-order valence-corrected chi connectivity index (χ2v) is 6.96. The lowest BCUT2D eigenvalue weighted by molar-refractivity contribution is 0.267. The molecule has 1 aromatic carbocycles. The lowest BCUT2D eigenvalue weighted by Crippen LogP contribution is -2.18. The van der Waals surface area contributed by atoms with Crippen molar-refractivity contribution in [3.05, 3.63) is 46.2 Å². The first-order chi connectivity index (χ1) is 11.1. The van der Waals surface area contributed by atoms with Gasteiger partial charge in [0.1, 0.15) is 5.01 Å². The molecule has 3 aromatic rings. The summed E-state index contributed by atoms with van der Waals surface area (Å²) in [5.74, 6) is 0. The van der Waals surface area contributed by atoms with E-state index in [0.717, 1.165) is 35.0 Å². The molecule has 0 radical (unpaired) electrons. The number of para-hydroxylation sites is 1. The Morgan fingerprint density at radius 1 is 1.22 bits per heavy atom. The molecule has 0 fully saturated rings. The second kappa shape index (κ2) is 6.78. The highest BCUT2D eigenvalue weighted by Crippen LogP contribution is 2.23. The standard InChI is InChI=1S/C17H22N4OS/c1-12-14(13(2)21(19-12)8-9-22)10-20(3)11-17-18-15-6-4-5-7-16(15)23-17/h4-7,22H,8-11H2,1-3H3. The quantitative estimate of drug-likeness (QED) is 0.755. The molecule has 3 rings (SSSR count). The van der Waals surface area contributed by atoms with Crippen molar-refractivity contribution in [2.45, 2.75) is 33.5 Å². The van der Waals surface area contributed by atoms with Crippen molar-refractivity contribution < 1.29 is 5.11 Å². The van der Waals surface area contributed by atoms with Crippen LogP contribution < -0.4 is 0 Å². The summed E-state index contributed by atoms with van der Waals surface area (Å²) in [6.45, 7) is 6.41. The molecule has 23 heavy (non-hydrogen) atoms. The van der Waals surface area contributed by atoms with Gasteiger partial charge >= 0.3 is 0 Å². The fourth-order valence-corrected chi connectivity index (χ4v) is 3.87. The SMILES string of the molecule is Cc1nn(CCO)c(C)c1CN(C)Cc1nc2ccccc2s1. The fourth-order valence-electron chi connectivity index (χ4n) is 2.82. The molecule has 6 heteroatoms. The number of thiazole rings is 1. The summed E-state index contributed by atoms with van der Waals surface area (Å²) in [5, 5.41) is 14.8. The van der Waals surface area contributed by atoms with Crippen LogP contribution in [0.3, 0.4) is 0 Å². The van der Waals surface area contributed by atoms with E-state index in [1.807, 2.05) is 17.7 Å². The molecular weight excluding hydrogens is 308 g/mol. The summed E-state index contributed by atoms with van der Waals surface area (Å²) < 4.78 is 3.12. The molecule has 0 aliphatic carbocycles. The number of fused-ring (bicyclic) bond motifs is 1. The molecule has 0 bridgehead atoms. The minimum absolute atomic E-state index is 0.114. The van der Waals surface area contributed by atoms with Gasteiger partial charge in [0.25, 0.3) is 0 Å². The smallest absolute Gasteiger partial charge is 0.108 e. The minimum Gasteiger partial charge on any atom is -0.394 e. The molecule has 1 N–H and O–H groups in total. The first-order valence-corrected chi connectivity index (χ1v) is 8.57. The lowest BCUT2D eigenvalue weighted by atomic mass is 10.2. The predicted octanol–water partition coefficient (Wildman–Crippen LogP) is 2.73. The van der Waals surface area contributed by atoms with Gasteiger partial charge < -0.3 is 5.11 Å². The third kappa shape index (κ3) is 3.44. The molecule has 0 saturated heterocycles. The van der Waals surface area contributed by atoms with Crippen LogP contribution in [0.5, 0.6) is 0 Å². The van der Waals surface area contributed by atoms with Crippen molar-refractivity contribution in [2.24, 2.45) is 0 Å². The van der Waals surface area contributed by atoms with Crippen molar-refractivity contribution in [3.8, 4) is 0 Å². The van der Waals surface area contributed by atoms with Crippen LogP contribution in [-0.4, -0.2) is 38.4 Å². The number of rotatable bonds is 6. The van der Waals surface area contributed by atoms with Crippen molar-refractivity contribution in [2.75, 3.05) is 13.7 Å². The summed E-state index contributed by atoms with van der Waals surface area (Å²) in [6.07, 6.45) is 0. The van der Waals surface area contributed by atoms with E-state index in [9.17, 15) is 0 Å². The average Bonchev–Trinajstić information content (AvgIpc) is 3.03. The van der Waals surface area contributed by atoms with Gasteiger partial charge in [-0.25, -0.2) is 4.98 Å². The number of aliphatic hydroxyl groups excluding tert-OH is 1. The zero-order valence-electron chi connectivity index (χ0n) is 13.8. The molecule has 2 aromatic heterocycles. The largest absolute Gasteiger partial charge is 0.394 e. The van der Waals surface area contributed by atoms with Gasteiger partial charge in [-0.2, -0.15) is 5.10 Å². The van der Waals surface area contributed by atoms with E-state index in [2.05, 4.69) is 42.2 Å². The zero-order valence-corrected chi connectivity index (χ0v) is 14.6. The van der Waals surface area contributed by atoms with E-state index in [0.29, 0.717) is 6.54 Å². The van der Waals surface area contributed by atoms with Crippen LogP contribution in [0.4, 0.5) is 0 Å². The Balaban J connectivity index is 1.73. The van der Waals surface area contributed by atoms with Gasteiger partial charge in [-0.1, -0.05) is 12.1 Å². The highest BCUT2D eigenvalue weighted by atomic mass is 32.1. The van der Waals surface area contributed by atoms with Gasteiger partial charge in [-0.3, -0.25) is 9.58 Å². The molecule has 0 atom stereocenters. The zero-order chi connectivity index (χ0) is 16.4. The summed E-state index contributed by atoms with van der Waals surface area (Å²) in [7, 11) is 2.11. The maximum absolute atomic E-state index is 9.11. The summed E-state index contributed by atoms with van der Waals surface area (Å²) in [5.41, 5.74) is 4.48. The molecule has 0 unspecified atom stereocenters. The second-order valence-electron chi connectivity index (χ2n) is 5.84. The van der Waals surface area contributed by atoms with Crippen LogP contribution in [0, 0.1) is 13.8 Å². The average molecular weight is 330 g/mol. The Kier molecular flexibility index (Phi) is 4.75. The van der Waals surface area contributed by atoms with E-state index in [1.54, 1.807) is 11.3 Å². The number of nitrogens with zero attached hydrogens (tertiary/aromatic N) is 4. The van der Waals surface area contributed by atoms with Crippen LogP contribution in [0.1, 0.15) is 22.0 Å². The number of benzene rings is 1. The first kappa shape index (κ1) is 16.1. The molecule has 0 spiro atoms. The molecule has 0 aliphatic heterocycles. The Labute approximate surface area is 140 Å². The third-order valence-corrected chi connectivity index (χ3v) is 5.04. The van der Waals surface area contributed by atoms with Gasteiger partial charge in [0, 0.05) is 17.8 Å². The van der Waals surface area contributed by atoms with E-state index < -0.39 is 0 Å². The van der Waals surface area contributed by atoms with E-state index in [1.165, 1.54) is 10.3 Å². The van der Waals surface area contributed by atoms with Crippen molar-refractivity contribution in [1.29, 1.82) is 0 Å². The number of aliphatic hydroxyl groups is 1. The van der Waals surface area contributed by atoms with Crippen LogP contribution in [-0.2, 0) is 19.6 Å². The predicted molar refractivity (Wildman–Crippen MR) is 93.6 cm³/mol. The highest BCUT2D eigenvalue weighted by Gasteiger charge is 2.14. The van der Waals surface area contributed by atoms with Gasteiger partial charge in [-0.05, 0) is 33.0 Å². The molecule has 0 aliphatic rings. The molecule has 2 heterocycles. The van der Waals surface area contributed by atoms with Crippen molar-refractivity contribution in [3.63, 3.8) is 0 Å². The van der Waals surface area contributed by atoms with Crippen LogP contribution >= 0.6 is 11.3 Å². The number of hydrogen-bond donors (Lipinski definition) is 1. The third-order valence-electron chi connectivity index (χ3n) is 4.01. The van der Waals surface area contributed by atoms with E-state index in [-0.39, 0.29) is 6.61 Å². The summed E-state index contributed by atoms with van der Waals surface area (Å²) in [4.78, 5) is 6.96. The van der Waals surface area contributed by atoms with E-state index in [4.69, 9.17) is 10.1 Å². The molecule has 0 amide bonds. The Morgan fingerprint density at radius 2 is 2.00 bits per heavy atom. The topological polar surface area (TPSA) is 54.2 Å². The highest BCUT2D eigenvalue weighted by molar-refractivity contribution is 7.18. The maximum Gasteiger partial charge on any atom is 0.108 e. The Hall–Kier alpha value is -1.76. The first-order valence-electron chi connectivity index (χ1n) is 7.75. The minimum atomic E-state index is 0.114. The maximum atomic E-state index is 9.11. The molecule has 0 saturated carbocycles. The van der Waals surface area contributed by atoms with Crippen molar-refractivity contribution >= 4 is 21.6 Å².